The molecule has 0 saturated carbocycles. The summed E-state index contributed by atoms with van der Waals surface area (Å²) in [6.07, 6.45) is 0. The minimum Gasteiger partial charge on any atom is -0.288 e. The highest BCUT2D eigenvalue weighted by atomic mass is 35.5. The van der Waals surface area contributed by atoms with Crippen LogP contribution < -0.4 is 0 Å². The molecule has 1 aliphatic rings. The average Bonchev–Trinajstić information content (AvgIpc) is 2.88. The van der Waals surface area contributed by atoms with Crippen LogP contribution >= 0.6 is 140 Å². The van der Waals surface area contributed by atoms with Gasteiger partial charge in [-0.25, -0.2) is 0 Å². The van der Waals surface area contributed by atoms with Crippen molar-refractivity contribution in [1.82, 2.24) is 0 Å². The van der Waals surface area contributed by atoms with Gasteiger partial charge in [-0.3, -0.25) is 9.59 Å². The van der Waals surface area contributed by atoms with Crippen LogP contribution in [-0.2, 0) is 0 Å². The van der Waals surface area contributed by atoms with Crippen molar-refractivity contribution in [3.05, 3.63) is 95.4 Å². The molecule has 0 radical (unpaired) electrons. The first-order valence-corrected chi connectivity index (χ1v) is 14.6. The van der Waals surface area contributed by atoms with Crippen molar-refractivity contribution < 1.29 is 9.59 Å². The molecule has 0 unspecified atom stereocenters. The van der Waals surface area contributed by atoms with Crippen LogP contribution in [0.3, 0.4) is 0 Å². The Hall–Kier alpha value is 0.340. The average molecular weight is 719 g/mol. The zero-order valence-electron chi connectivity index (χ0n) is 16.7. The molecule has 36 heavy (non-hydrogen) atoms. The summed E-state index contributed by atoms with van der Waals surface area (Å²) in [5, 5.41) is -0.578. The fraction of sp³-hybridized carbons (Fsp3) is 0. The molecule has 0 bridgehead atoms. The second-order valence-corrected chi connectivity index (χ2v) is 12.7. The molecular formula is C22H4Cl10O2S2. The monoisotopic (exact) mass is 714 g/mol. The van der Waals surface area contributed by atoms with E-state index in [1.54, 1.807) is 12.1 Å². The van der Waals surface area contributed by atoms with Gasteiger partial charge in [0.2, 0.25) is 11.6 Å². The van der Waals surface area contributed by atoms with Gasteiger partial charge in [0.15, 0.2) is 0 Å². The molecule has 186 valence electrons. The molecule has 0 amide bonds. The Morgan fingerprint density at radius 3 is 0.944 bits per heavy atom. The van der Waals surface area contributed by atoms with Crippen molar-refractivity contribution in [3.63, 3.8) is 0 Å². The van der Waals surface area contributed by atoms with Gasteiger partial charge in [0, 0.05) is 11.1 Å². The normalized spacial score (nSPS) is 13.5. The van der Waals surface area contributed by atoms with Gasteiger partial charge in [-0.1, -0.05) is 164 Å². The molecule has 0 heterocycles. The maximum absolute atomic E-state index is 13.6. The number of fused-ring (bicyclic) bond motifs is 1. The minimum absolute atomic E-state index is 0.0312. The molecule has 0 spiro atoms. The zero-order chi connectivity index (χ0) is 26.6. The van der Waals surface area contributed by atoms with E-state index in [9.17, 15) is 9.59 Å². The predicted molar refractivity (Wildman–Crippen MR) is 157 cm³/mol. The van der Waals surface area contributed by atoms with Crippen molar-refractivity contribution >= 4 is 151 Å². The maximum Gasteiger partial charge on any atom is 0.201 e. The molecule has 0 fully saturated rings. The first-order valence-electron chi connectivity index (χ1n) is 9.19. The number of hydrogen-bond donors (Lipinski definition) is 0. The van der Waals surface area contributed by atoms with Crippen molar-refractivity contribution in [2.24, 2.45) is 0 Å². The van der Waals surface area contributed by atoms with E-state index in [0.717, 1.165) is 23.5 Å². The van der Waals surface area contributed by atoms with Gasteiger partial charge in [0.05, 0.1) is 69.8 Å². The Kier molecular flexibility index (Phi) is 9.32. The second kappa shape index (κ2) is 11.4. The summed E-state index contributed by atoms with van der Waals surface area (Å²) in [5.74, 6) is -0.962. The van der Waals surface area contributed by atoms with Crippen LogP contribution in [0.4, 0.5) is 0 Å². The summed E-state index contributed by atoms with van der Waals surface area (Å²) < 4.78 is 0. The number of allylic oxidation sites excluding steroid dienone is 2. The summed E-state index contributed by atoms with van der Waals surface area (Å²) in [7, 11) is 0. The summed E-state index contributed by atoms with van der Waals surface area (Å²) in [6.45, 7) is 0. The van der Waals surface area contributed by atoms with E-state index in [4.69, 9.17) is 116 Å². The highest BCUT2D eigenvalue weighted by Crippen LogP contribution is 2.55. The second-order valence-electron chi connectivity index (χ2n) is 6.86. The molecule has 0 N–H and O–H groups in total. The standard InChI is InChI=1S/C22H4Cl10O2S2/c23-7-9(25)13(29)19(14(30)10(7)26)35-21-17(33)5-3-1-2-4-6(5)18(34)22(21)36-20-15(31)11(27)8(24)12(28)16(20)32/h1-4H. The summed E-state index contributed by atoms with van der Waals surface area (Å²) >= 11 is 64.2. The van der Waals surface area contributed by atoms with E-state index < -0.39 is 11.6 Å². The number of Topliss-reactive ketones (excluding diaryl/α,β-unsaturated/α-hetero) is 2. The fourth-order valence-electron chi connectivity index (χ4n) is 3.07. The number of thioether (sulfide) groups is 2. The lowest BCUT2D eigenvalue weighted by Crippen LogP contribution is -2.19. The molecule has 0 saturated heterocycles. The summed E-state index contributed by atoms with van der Waals surface area (Å²) in [5.41, 5.74) is 0.356. The third-order valence-corrected chi connectivity index (χ3v) is 12.3. The summed E-state index contributed by atoms with van der Waals surface area (Å²) in [4.78, 5) is 27.4. The molecule has 3 aromatic carbocycles. The third-order valence-electron chi connectivity index (χ3n) is 4.78. The topological polar surface area (TPSA) is 34.1 Å². The molecule has 14 heteroatoms. The summed E-state index contributed by atoms with van der Waals surface area (Å²) in [6, 6.07) is 6.32. The Bertz CT molecular complexity index is 1360. The lowest BCUT2D eigenvalue weighted by atomic mass is 9.94. The van der Waals surface area contributed by atoms with E-state index >= 15 is 0 Å². The lowest BCUT2D eigenvalue weighted by molar-refractivity contribution is 0.0988. The Morgan fingerprint density at radius 2 is 0.667 bits per heavy atom. The van der Waals surface area contributed by atoms with Gasteiger partial charge in [-0.05, 0) is 0 Å². The molecule has 2 nitrogen and oxygen atoms in total. The largest absolute Gasteiger partial charge is 0.288 e. The van der Waals surface area contributed by atoms with Gasteiger partial charge in [0.1, 0.15) is 0 Å². The predicted octanol–water partition coefficient (Wildman–Crippen LogP) is 12.4. The first-order chi connectivity index (χ1) is 16.9. The van der Waals surface area contributed by atoms with E-state index in [0.29, 0.717) is 0 Å². The SMILES string of the molecule is O=C1C(Sc2c(Cl)c(Cl)c(Cl)c(Cl)c2Cl)=C(Sc2c(Cl)c(Cl)c(Cl)c(Cl)c2Cl)C(=O)c2ccccc21. The minimum atomic E-state index is -0.481. The van der Waals surface area contributed by atoms with Crippen LogP contribution in [-0.4, -0.2) is 11.6 Å². The van der Waals surface area contributed by atoms with E-state index in [2.05, 4.69) is 0 Å². The molecule has 3 aromatic rings. The van der Waals surface area contributed by atoms with Crippen molar-refractivity contribution in [3.8, 4) is 0 Å². The van der Waals surface area contributed by atoms with Crippen LogP contribution in [0, 0.1) is 0 Å². The van der Waals surface area contributed by atoms with Crippen molar-refractivity contribution in [1.29, 1.82) is 0 Å². The van der Waals surface area contributed by atoms with Crippen LogP contribution in [0.2, 0.25) is 50.2 Å². The maximum atomic E-state index is 13.6. The van der Waals surface area contributed by atoms with E-state index in [-0.39, 0.29) is 81.0 Å². The zero-order valence-corrected chi connectivity index (χ0v) is 25.9. The number of halogens is 10. The van der Waals surface area contributed by atoms with Crippen molar-refractivity contribution in [2.45, 2.75) is 9.79 Å². The van der Waals surface area contributed by atoms with Gasteiger partial charge in [-0.15, -0.1) is 0 Å². The molecular weight excluding hydrogens is 715 g/mol. The number of benzene rings is 3. The van der Waals surface area contributed by atoms with Crippen LogP contribution in [0.15, 0.2) is 43.9 Å². The molecule has 0 aromatic heterocycles. The third kappa shape index (κ3) is 5.00. The smallest absolute Gasteiger partial charge is 0.201 e. The number of carbonyl (C=O) groups excluding carboxylic acids is 2. The Labute approximate surface area is 263 Å². The van der Waals surface area contributed by atoms with E-state index in [1.807, 2.05) is 0 Å². The van der Waals surface area contributed by atoms with Gasteiger partial charge in [0.25, 0.3) is 0 Å². The van der Waals surface area contributed by atoms with Crippen LogP contribution in [0.5, 0.6) is 0 Å². The Balaban J connectivity index is 1.98. The van der Waals surface area contributed by atoms with E-state index in [1.165, 1.54) is 12.1 Å². The number of carbonyl (C=O) groups is 2. The van der Waals surface area contributed by atoms with Crippen LogP contribution in [0.25, 0.3) is 0 Å². The highest BCUT2D eigenvalue weighted by Gasteiger charge is 2.36. The molecule has 0 aliphatic heterocycles. The van der Waals surface area contributed by atoms with Crippen molar-refractivity contribution in [2.75, 3.05) is 0 Å². The Morgan fingerprint density at radius 1 is 0.417 bits per heavy atom. The fourth-order valence-corrected chi connectivity index (χ4v) is 8.23. The van der Waals surface area contributed by atoms with Gasteiger partial charge in [-0.2, -0.15) is 0 Å². The lowest BCUT2D eigenvalue weighted by Gasteiger charge is -2.22. The van der Waals surface area contributed by atoms with Gasteiger partial charge < -0.3 is 0 Å². The first kappa shape index (κ1) is 29.3. The van der Waals surface area contributed by atoms with Crippen LogP contribution in [0.1, 0.15) is 20.7 Å². The molecule has 0 atom stereocenters. The highest BCUT2D eigenvalue weighted by molar-refractivity contribution is 8.08. The number of rotatable bonds is 4. The number of ketones is 2. The molecule has 4 rings (SSSR count). The quantitative estimate of drug-likeness (QED) is 0.199. The van der Waals surface area contributed by atoms with Gasteiger partial charge >= 0.3 is 0 Å². The molecule has 1 aliphatic carbocycles. The number of hydrogen-bond acceptors (Lipinski definition) is 4.